The van der Waals surface area contributed by atoms with Crippen LogP contribution in [0.2, 0.25) is 0 Å². The second kappa shape index (κ2) is 13.8. The van der Waals surface area contributed by atoms with Crippen molar-refractivity contribution in [3.05, 3.63) is 111 Å². The minimum absolute atomic E-state index is 0.0252. The Morgan fingerprint density at radius 2 is 1.42 bits per heavy atom. The number of hydrogen-bond acceptors (Lipinski definition) is 8. The van der Waals surface area contributed by atoms with Gasteiger partial charge in [0.25, 0.3) is 0 Å². The van der Waals surface area contributed by atoms with Gasteiger partial charge in [-0.15, -0.1) is 11.3 Å². The first-order valence-corrected chi connectivity index (χ1v) is 17.4. The molecule has 0 aliphatic rings. The van der Waals surface area contributed by atoms with E-state index < -0.39 is 11.9 Å². The summed E-state index contributed by atoms with van der Waals surface area (Å²) in [5.41, 5.74) is 8.29. The second-order valence-corrected chi connectivity index (χ2v) is 14.2. The molecule has 254 valence electrons. The monoisotopic (exact) mass is 685 g/mol. The smallest absolute Gasteiger partial charge is 0.318 e. The van der Waals surface area contributed by atoms with Gasteiger partial charge in [-0.1, -0.05) is 72.2 Å². The number of fused-ring (bicyclic) bond motifs is 5. The molecule has 0 saturated carbocycles. The zero-order chi connectivity index (χ0) is 35.9. The highest BCUT2D eigenvalue weighted by atomic mass is 32.1. The van der Waals surface area contributed by atoms with Crippen molar-refractivity contribution >= 4 is 73.1 Å². The number of aromatic nitrogens is 1. The molecule has 0 atom stereocenters. The Balaban J connectivity index is 1.69. The summed E-state index contributed by atoms with van der Waals surface area (Å²) in [6.45, 7) is 14.7. The van der Waals surface area contributed by atoms with Crippen molar-refractivity contribution < 1.29 is 24.1 Å². The Bertz CT molecular complexity index is 2390. The molecule has 2 aromatic heterocycles. The summed E-state index contributed by atoms with van der Waals surface area (Å²) in [6, 6.07) is 24.3. The average molecular weight is 686 g/mol. The Hall–Kier alpha value is -5.41. The minimum atomic E-state index is -0.485. The van der Waals surface area contributed by atoms with E-state index in [1.165, 1.54) is 25.2 Å². The standard InChI is InChI=1S/C41H39N3O5S/c1-22(2)17-35(43-49-28(8)46)29-13-14-36-32(20-29)33-21-34(41(47)39-24(4)18-23(3)19-25(39)5)30-11-9-10-12-31(30)40(33)44(36)38-16-15-37(50-38)26(6)42-48-27(7)45/h9-16,18-22H,17H2,1-8H3. The van der Waals surface area contributed by atoms with E-state index in [1.54, 1.807) is 6.92 Å². The van der Waals surface area contributed by atoms with Crippen LogP contribution in [0.15, 0.2) is 83.1 Å². The zero-order valence-corrected chi connectivity index (χ0v) is 30.3. The summed E-state index contributed by atoms with van der Waals surface area (Å²) in [4.78, 5) is 48.7. The highest BCUT2D eigenvalue weighted by Crippen LogP contribution is 2.41. The van der Waals surface area contributed by atoms with Crippen molar-refractivity contribution in [1.29, 1.82) is 0 Å². The number of oxime groups is 2. The predicted octanol–water partition coefficient (Wildman–Crippen LogP) is 9.76. The largest absolute Gasteiger partial charge is 0.331 e. The van der Waals surface area contributed by atoms with E-state index in [9.17, 15) is 14.4 Å². The molecule has 0 N–H and O–H groups in total. The molecule has 0 aliphatic heterocycles. The Labute approximate surface area is 295 Å². The number of hydrogen-bond donors (Lipinski definition) is 0. The molecule has 0 fully saturated rings. The van der Waals surface area contributed by atoms with Crippen molar-refractivity contribution in [3.63, 3.8) is 0 Å². The molecule has 0 bridgehead atoms. The third kappa shape index (κ3) is 6.61. The van der Waals surface area contributed by atoms with Crippen molar-refractivity contribution in [2.75, 3.05) is 0 Å². The van der Waals surface area contributed by atoms with Gasteiger partial charge in [0.1, 0.15) is 5.00 Å². The van der Waals surface area contributed by atoms with Crippen LogP contribution in [0.4, 0.5) is 0 Å². The lowest BCUT2D eigenvalue weighted by Gasteiger charge is -2.14. The van der Waals surface area contributed by atoms with Gasteiger partial charge >= 0.3 is 11.9 Å². The van der Waals surface area contributed by atoms with E-state index in [-0.39, 0.29) is 11.7 Å². The van der Waals surface area contributed by atoms with Crippen LogP contribution in [0.1, 0.15) is 84.1 Å². The molecular formula is C41H39N3O5S. The molecule has 0 aliphatic carbocycles. The highest BCUT2D eigenvalue weighted by molar-refractivity contribution is 7.16. The van der Waals surface area contributed by atoms with Crippen LogP contribution in [0.5, 0.6) is 0 Å². The maximum atomic E-state index is 14.6. The van der Waals surface area contributed by atoms with Crippen LogP contribution in [-0.2, 0) is 19.3 Å². The molecule has 8 nitrogen and oxygen atoms in total. The fourth-order valence-corrected chi connectivity index (χ4v) is 7.64. The molecule has 6 rings (SSSR count). The quantitative estimate of drug-likeness (QED) is 0.0653. The lowest BCUT2D eigenvalue weighted by molar-refractivity contribution is -0.141. The van der Waals surface area contributed by atoms with Crippen LogP contribution >= 0.6 is 11.3 Å². The summed E-state index contributed by atoms with van der Waals surface area (Å²) < 4.78 is 2.21. The second-order valence-electron chi connectivity index (χ2n) is 13.2. The minimum Gasteiger partial charge on any atom is -0.318 e. The number of benzene rings is 4. The van der Waals surface area contributed by atoms with E-state index in [1.807, 2.05) is 63.2 Å². The van der Waals surface area contributed by atoms with Crippen molar-refractivity contribution in [2.24, 2.45) is 16.2 Å². The molecule has 0 radical (unpaired) electrons. The van der Waals surface area contributed by atoms with Crippen LogP contribution in [0.25, 0.3) is 37.6 Å². The Kier molecular flexibility index (Phi) is 9.54. The molecule has 6 aromatic rings. The topological polar surface area (TPSA) is 99.3 Å². The first-order chi connectivity index (χ1) is 23.8. The third-order valence-electron chi connectivity index (χ3n) is 8.62. The number of nitrogens with zero attached hydrogens (tertiary/aromatic N) is 3. The highest BCUT2D eigenvalue weighted by Gasteiger charge is 2.24. The summed E-state index contributed by atoms with van der Waals surface area (Å²) in [5.74, 6) is -0.734. The molecule has 4 aromatic carbocycles. The SMILES string of the molecule is CC(=O)ON=C(CC(C)C)c1ccc2c(c1)c1cc(C(=O)c3c(C)cc(C)cc3C)c3ccccc3c1n2-c1ccc(C(C)=NOC(C)=O)s1. The predicted molar refractivity (Wildman–Crippen MR) is 202 cm³/mol. The Morgan fingerprint density at radius 1 is 0.760 bits per heavy atom. The van der Waals surface area contributed by atoms with Crippen molar-refractivity contribution in [1.82, 2.24) is 4.57 Å². The lowest BCUT2D eigenvalue weighted by Crippen LogP contribution is -2.08. The summed E-state index contributed by atoms with van der Waals surface area (Å²) in [7, 11) is 0. The maximum absolute atomic E-state index is 14.6. The fourth-order valence-electron chi connectivity index (χ4n) is 6.68. The number of aryl methyl sites for hydroxylation is 3. The van der Waals surface area contributed by atoms with Crippen LogP contribution in [0.3, 0.4) is 0 Å². The van der Waals surface area contributed by atoms with Crippen molar-refractivity contribution in [2.45, 2.75) is 61.8 Å². The average Bonchev–Trinajstić information content (AvgIpc) is 3.67. The summed E-state index contributed by atoms with van der Waals surface area (Å²) >= 11 is 1.52. The van der Waals surface area contributed by atoms with Gasteiger partial charge in [-0.25, -0.2) is 9.59 Å². The van der Waals surface area contributed by atoms with Gasteiger partial charge in [-0.3, -0.25) is 9.36 Å². The first-order valence-electron chi connectivity index (χ1n) is 16.5. The molecule has 0 spiro atoms. The number of ketones is 1. The van der Waals surface area contributed by atoms with Crippen LogP contribution in [0, 0.1) is 26.7 Å². The van der Waals surface area contributed by atoms with Gasteiger partial charge < -0.3 is 9.68 Å². The number of rotatable bonds is 9. The van der Waals surface area contributed by atoms with Gasteiger partial charge in [-0.2, -0.15) is 0 Å². The first kappa shape index (κ1) is 34.5. The van der Waals surface area contributed by atoms with E-state index in [4.69, 9.17) is 9.68 Å². The summed E-state index contributed by atoms with van der Waals surface area (Å²) in [5, 5.41) is 12.8. The maximum Gasteiger partial charge on any atom is 0.331 e. The molecule has 50 heavy (non-hydrogen) atoms. The molecule has 0 saturated heterocycles. The van der Waals surface area contributed by atoms with Crippen LogP contribution in [-0.4, -0.2) is 33.7 Å². The van der Waals surface area contributed by atoms with E-state index in [0.717, 1.165) is 64.7 Å². The van der Waals surface area contributed by atoms with E-state index in [2.05, 4.69) is 59.1 Å². The van der Waals surface area contributed by atoms with Crippen molar-refractivity contribution in [3.8, 4) is 5.00 Å². The molecule has 9 heteroatoms. The Morgan fingerprint density at radius 3 is 2.08 bits per heavy atom. The van der Waals surface area contributed by atoms with E-state index >= 15 is 0 Å². The number of carbonyl (C=O) groups is 3. The third-order valence-corrected chi connectivity index (χ3v) is 9.79. The molecule has 0 unspecified atom stereocenters. The lowest BCUT2D eigenvalue weighted by atomic mass is 9.89. The molecular weight excluding hydrogens is 647 g/mol. The normalized spacial score (nSPS) is 12.3. The van der Waals surface area contributed by atoms with Gasteiger partial charge in [0.15, 0.2) is 5.78 Å². The van der Waals surface area contributed by atoms with Crippen LogP contribution < -0.4 is 0 Å². The van der Waals surface area contributed by atoms with Gasteiger partial charge in [0.2, 0.25) is 0 Å². The molecule has 0 amide bonds. The fraction of sp³-hybridized carbons (Fsp3) is 0.244. The zero-order valence-electron chi connectivity index (χ0n) is 29.5. The van der Waals surface area contributed by atoms with Gasteiger partial charge in [0.05, 0.1) is 27.3 Å². The van der Waals surface area contributed by atoms with Gasteiger partial charge in [0, 0.05) is 46.7 Å². The number of carbonyl (C=O) groups excluding carboxylic acids is 3. The van der Waals surface area contributed by atoms with Gasteiger partial charge in [-0.05, 0) is 86.9 Å². The summed E-state index contributed by atoms with van der Waals surface area (Å²) in [6.07, 6.45) is 0.602. The molecule has 2 heterocycles. The van der Waals surface area contributed by atoms with E-state index in [0.29, 0.717) is 29.0 Å². The number of thiophene rings is 1.